The Bertz CT molecular complexity index is 467. The summed E-state index contributed by atoms with van der Waals surface area (Å²) in [5.41, 5.74) is 0.852. The lowest BCUT2D eigenvalue weighted by molar-refractivity contribution is 0.289. The van der Waals surface area contributed by atoms with Crippen molar-refractivity contribution in [1.82, 2.24) is 0 Å². The number of ether oxygens (including phenoxy) is 1. The zero-order valence-corrected chi connectivity index (χ0v) is 12.5. The molecule has 19 heavy (non-hydrogen) atoms. The molecule has 0 aromatic heterocycles. The van der Waals surface area contributed by atoms with Crippen molar-refractivity contribution in [3.05, 3.63) is 29.8 Å². The fourth-order valence-corrected chi connectivity index (χ4v) is 2.24. The number of hydrogen-bond donors (Lipinski definition) is 0. The van der Waals surface area contributed by atoms with E-state index in [2.05, 4.69) is 17.5 Å². The van der Waals surface area contributed by atoms with Gasteiger partial charge in [0.15, 0.2) is 0 Å². The first-order valence-electron chi connectivity index (χ1n) is 5.85. The van der Waals surface area contributed by atoms with E-state index in [1.165, 1.54) is 0 Å². The summed E-state index contributed by atoms with van der Waals surface area (Å²) in [7, 11) is -4.63. The third-order valence-electron chi connectivity index (χ3n) is 2.24. The average molecular weight is 305 g/mol. The second-order valence-electron chi connectivity index (χ2n) is 4.41. The van der Waals surface area contributed by atoms with Gasteiger partial charge in [-0.25, -0.2) is 12.0 Å². The molecule has 0 amide bonds. The first-order valence-corrected chi connectivity index (χ1v) is 8.10. The van der Waals surface area contributed by atoms with E-state index >= 15 is 0 Å². The van der Waals surface area contributed by atoms with Gasteiger partial charge < -0.3 is 9.29 Å². The van der Waals surface area contributed by atoms with Gasteiger partial charge in [-0.1, -0.05) is 26.0 Å². The molecule has 0 radical (unpaired) electrons. The quantitative estimate of drug-likeness (QED) is 0.417. The van der Waals surface area contributed by atoms with Gasteiger partial charge in [0.1, 0.15) is 5.75 Å². The lowest BCUT2D eigenvalue weighted by atomic mass is 10.1. The monoisotopic (exact) mass is 305 g/mol. The van der Waals surface area contributed by atoms with E-state index in [1.807, 2.05) is 12.1 Å². The molecule has 1 aromatic rings. The first kappa shape index (κ1) is 16.3. The van der Waals surface area contributed by atoms with Crippen LogP contribution in [0.2, 0.25) is 0 Å². The van der Waals surface area contributed by atoms with Crippen molar-refractivity contribution in [2.75, 3.05) is 6.61 Å². The molecule has 0 aliphatic carbocycles. The maximum atomic E-state index is 10.2. The Labute approximate surface area is 118 Å². The number of benzene rings is 1. The van der Waals surface area contributed by atoms with E-state index in [9.17, 15) is 13.0 Å². The molecule has 0 unspecified atom stereocenters. The topological polar surface area (TPSA) is 75.7 Å². The van der Waals surface area contributed by atoms with Crippen LogP contribution >= 0.6 is 12.0 Å². The smallest absolute Gasteiger partial charge is 0.228 e. The summed E-state index contributed by atoms with van der Waals surface area (Å²) in [5, 5.41) is 0. The maximum absolute atomic E-state index is 10.2. The molecule has 0 N–H and O–H groups in total. The molecule has 0 fully saturated rings. The predicted molar refractivity (Wildman–Crippen MR) is 73.5 cm³/mol. The molecule has 0 aliphatic rings. The highest BCUT2D eigenvalue weighted by atomic mass is 32.3. The predicted octanol–water partition coefficient (Wildman–Crippen LogP) is 2.74. The standard InChI is InChI=1S/C12H18O5S2/c1-10(2)7-8-16-12-5-3-11(4-6-12)9-18-17-19(13,14)15/h3-6,10H,7-9H2,1-2H3,(H,13,14,15)/p-1. The summed E-state index contributed by atoms with van der Waals surface area (Å²) in [6.07, 6.45) is 0.993. The molecular formula is C12H17O5S2-. The van der Waals surface area contributed by atoms with Crippen LogP contribution in [0.4, 0.5) is 0 Å². The van der Waals surface area contributed by atoms with Crippen molar-refractivity contribution >= 4 is 22.4 Å². The van der Waals surface area contributed by atoms with E-state index < -0.39 is 10.4 Å². The van der Waals surface area contributed by atoms with Crippen molar-refractivity contribution < 1.29 is 21.3 Å². The van der Waals surface area contributed by atoms with Gasteiger partial charge in [-0.3, -0.25) is 0 Å². The SMILES string of the molecule is CC(C)CCOc1ccc(CSOS(=O)(=O)[O-])cc1. The van der Waals surface area contributed by atoms with Gasteiger partial charge >= 0.3 is 0 Å². The molecule has 0 bridgehead atoms. The summed E-state index contributed by atoms with van der Waals surface area (Å²) in [4.78, 5) is 0. The van der Waals surface area contributed by atoms with E-state index in [-0.39, 0.29) is 5.75 Å². The summed E-state index contributed by atoms with van der Waals surface area (Å²) < 4.78 is 40.3. The molecule has 108 valence electrons. The Morgan fingerprint density at radius 2 is 1.89 bits per heavy atom. The number of hydrogen-bond acceptors (Lipinski definition) is 6. The fourth-order valence-electron chi connectivity index (χ4n) is 1.25. The molecule has 0 heterocycles. The van der Waals surface area contributed by atoms with Gasteiger partial charge in [0.05, 0.1) is 6.61 Å². The zero-order chi connectivity index (χ0) is 14.3. The lowest BCUT2D eigenvalue weighted by Gasteiger charge is -2.09. The van der Waals surface area contributed by atoms with Crippen molar-refractivity contribution in [2.45, 2.75) is 26.0 Å². The van der Waals surface area contributed by atoms with Crippen LogP contribution in [0.15, 0.2) is 24.3 Å². The van der Waals surface area contributed by atoms with Gasteiger partial charge in [0.25, 0.3) is 0 Å². The van der Waals surface area contributed by atoms with Gasteiger partial charge in [-0.05, 0) is 30.0 Å². The van der Waals surface area contributed by atoms with Crippen LogP contribution in [0.3, 0.4) is 0 Å². The van der Waals surface area contributed by atoms with Crippen molar-refractivity contribution in [2.24, 2.45) is 5.92 Å². The molecule has 7 heteroatoms. The van der Waals surface area contributed by atoms with Crippen LogP contribution in [0, 0.1) is 5.92 Å². The van der Waals surface area contributed by atoms with Crippen molar-refractivity contribution in [3.63, 3.8) is 0 Å². The lowest BCUT2D eigenvalue weighted by Crippen LogP contribution is -2.01. The Morgan fingerprint density at radius 1 is 1.26 bits per heavy atom. The van der Waals surface area contributed by atoms with Gasteiger partial charge in [0.2, 0.25) is 10.4 Å². The fraction of sp³-hybridized carbons (Fsp3) is 0.500. The Hall–Kier alpha value is -0.760. The van der Waals surface area contributed by atoms with E-state index in [0.717, 1.165) is 17.7 Å². The molecule has 0 saturated heterocycles. The molecule has 0 spiro atoms. The highest BCUT2D eigenvalue weighted by Gasteiger charge is 2.00. The highest BCUT2D eigenvalue weighted by molar-refractivity contribution is 8.02. The van der Waals surface area contributed by atoms with Crippen LogP contribution in [0.25, 0.3) is 0 Å². The average Bonchev–Trinajstić information content (AvgIpc) is 2.29. The van der Waals surface area contributed by atoms with Crippen LogP contribution < -0.4 is 4.74 Å². The van der Waals surface area contributed by atoms with Gasteiger partial charge in [-0.15, -0.1) is 0 Å². The Morgan fingerprint density at radius 3 is 2.42 bits per heavy atom. The van der Waals surface area contributed by atoms with E-state index in [4.69, 9.17) is 4.74 Å². The minimum atomic E-state index is -4.63. The van der Waals surface area contributed by atoms with Crippen molar-refractivity contribution in [1.29, 1.82) is 0 Å². The van der Waals surface area contributed by atoms with Crippen LogP contribution in [0.5, 0.6) is 5.75 Å². The van der Waals surface area contributed by atoms with Crippen molar-refractivity contribution in [3.8, 4) is 5.75 Å². The molecule has 5 nitrogen and oxygen atoms in total. The van der Waals surface area contributed by atoms with Gasteiger partial charge in [0, 0.05) is 17.8 Å². The Balaban J connectivity index is 2.35. The molecular weight excluding hydrogens is 288 g/mol. The highest BCUT2D eigenvalue weighted by Crippen LogP contribution is 2.19. The van der Waals surface area contributed by atoms with Gasteiger partial charge in [-0.2, -0.15) is 0 Å². The normalized spacial score (nSPS) is 11.8. The largest absolute Gasteiger partial charge is 0.725 e. The summed E-state index contributed by atoms with van der Waals surface area (Å²) in [6.45, 7) is 4.94. The minimum Gasteiger partial charge on any atom is -0.725 e. The van der Waals surface area contributed by atoms with E-state index in [0.29, 0.717) is 24.6 Å². The minimum absolute atomic E-state index is 0.285. The maximum Gasteiger partial charge on any atom is 0.228 e. The zero-order valence-electron chi connectivity index (χ0n) is 10.9. The van der Waals surface area contributed by atoms with Crippen LogP contribution in [-0.4, -0.2) is 19.6 Å². The molecule has 0 atom stereocenters. The summed E-state index contributed by atoms with van der Waals surface area (Å²) >= 11 is 0.600. The molecule has 0 saturated carbocycles. The Kier molecular flexibility index (Phi) is 6.64. The molecule has 0 aliphatic heterocycles. The van der Waals surface area contributed by atoms with Crippen LogP contribution in [-0.2, 0) is 19.8 Å². The molecule has 1 aromatic carbocycles. The second-order valence-corrected chi connectivity index (χ2v) is 6.30. The molecule has 1 rings (SSSR count). The third-order valence-corrected chi connectivity index (χ3v) is 3.75. The van der Waals surface area contributed by atoms with Crippen LogP contribution in [0.1, 0.15) is 25.8 Å². The summed E-state index contributed by atoms with van der Waals surface area (Å²) in [6, 6.07) is 7.22. The summed E-state index contributed by atoms with van der Waals surface area (Å²) in [5.74, 6) is 1.65. The third kappa shape index (κ3) is 8.10. The first-order chi connectivity index (χ1) is 8.87. The second kappa shape index (κ2) is 7.74. The number of rotatable bonds is 8. The van der Waals surface area contributed by atoms with E-state index in [1.54, 1.807) is 12.1 Å².